The quantitative estimate of drug-likeness (QED) is 0.559. The Morgan fingerprint density at radius 2 is 1.19 bits per heavy atom. The van der Waals surface area contributed by atoms with E-state index in [9.17, 15) is 9.36 Å². The van der Waals surface area contributed by atoms with Gasteiger partial charge in [0.05, 0.1) is 0 Å². The van der Waals surface area contributed by atoms with Gasteiger partial charge in [-0.2, -0.15) is 0 Å². The van der Waals surface area contributed by atoms with Crippen LogP contribution in [0.15, 0.2) is 91.0 Å². The fraction of sp³-hybridized carbons (Fsp3) is 0.0500. The van der Waals surface area contributed by atoms with Crippen LogP contribution >= 0.6 is 8.25 Å². The molecule has 0 amide bonds. The summed E-state index contributed by atoms with van der Waals surface area (Å²) in [6.45, 7) is -0.0377. The number of rotatable bonds is 7. The first-order chi connectivity index (χ1) is 13.1. The standard InChI is InChI=1S/C12H10O3P.C8H9NO2/c13-16(14-11-7-3-1-4-8-11)15-12-9-5-2-6-10-12;10-8(11)6-9-7-4-2-1-3-5-7/h1-10H;1-5,9H,6H2,(H,10,11)/q+1;. The first-order valence-electron chi connectivity index (χ1n) is 8.07. The van der Waals surface area contributed by atoms with Crippen molar-refractivity contribution in [2.24, 2.45) is 0 Å². The fourth-order valence-corrected chi connectivity index (χ4v) is 2.51. The number of carboxylic acid groups (broad SMARTS) is 1. The highest BCUT2D eigenvalue weighted by atomic mass is 31.1. The molecule has 27 heavy (non-hydrogen) atoms. The number of carboxylic acids is 1. The highest BCUT2D eigenvalue weighted by molar-refractivity contribution is 7.34. The van der Waals surface area contributed by atoms with Crippen LogP contribution in [0.25, 0.3) is 0 Å². The fourth-order valence-electron chi connectivity index (χ4n) is 1.89. The van der Waals surface area contributed by atoms with Crippen molar-refractivity contribution in [3.05, 3.63) is 91.0 Å². The Bertz CT molecular complexity index is 785. The summed E-state index contributed by atoms with van der Waals surface area (Å²) in [4.78, 5) is 10.1. The van der Waals surface area contributed by atoms with Crippen molar-refractivity contribution in [3.8, 4) is 11.5 Å². The Morgan fingerprint density at radius 3 is 1.59 bits per heavy atom. The lowest BCUT2D eigenvalue weighted by atomic mass is 10.3. The third-order valence-electron chi connectivity index (χ3n) is 3.06. The topological polar surface area (TPSA) is 84.9 Å². The number of carbonyl (C=O) groups is 1. The monoisotopic (exact) mass is 384 g/mol. The third-order valence-corrected chi connectivity index (χ3v) is 3.78. The van der Waals surface area contributed by atoms with E-state index in [0.717, 1.165) is 5.69 Å². The summed E-state index contributed by atoms with van der Waals surface area (Å²) in [5.74, 6) is 0.202. The van der Waals surface area contributed by atoms with Crippen LogP contribution in [0, 0.1) is 0 Å². The molecule has 2 N–H and O–H groups in total. The number of nitrogens with one attached hydrogen (secondary N) is 1. The van der Waals surface area contributed by atoms with Crippen LogP contribution in [-0.2, 0) is 9.36 Å². The van der Waals surface area contributed by atoms with Gasteiger partial charge < -0.3 is 10.4 Å². The third kappa shape index (κ3) is 8.52. The Hall–Kier alpha value is -3.37. The van der Waals surface area contributed by atoms with E-state index < -0.39 is 14.2 Å². The molecule has 7 heteroatoms. The lowest BCUT2D eigenvalue weighted by Crippen LogP contribution is -2.11. The number of hydrogen-bond donors (Lipinski definition) is 2. The molecular weight excluding hydrogens is 365 g/mol. The molecule has 0 bridgehead atoms. The molecule has 0 radical (unpaired) electrons. The number of anilines is 1. The summed E-state index contributed by atoms with van der Waals surface area (Å²) in [6, 6.07) is 27.1. The Balaban J connectivity index is 0.000000208. The van der Waals surface area contributed by atoms with Gasteiger partial charge in [0.25, 0.3) is 0 Å². The SMILES string of the molecule is O=C(O)CNc1ccccc1.O=[P+](Oc1ccccc1)Oc1ccccc1. The van der Waals surface area contributed by atoms with Crippen molar-refractivity contribution in [3.63, 3.8) is 0 Å². The molecule has 3 aromatic rings. The minimum atomic E-state index is -2.18. The summed E-state index contributed by atoms with van der Waals surface area (Å²) in [7, 11) is -2.18. The molecule has 0 aliphatic carbocycles. The van der Waals surface area contributed by atoms with Gasteiger partial charge in [-0.05, 0) is 36.4 Å². The average molecular weight is 384 g/mol. The molecule has 0 aliphatic rings. The highest BCUT2D eigenvalue weighted by Crippen LogP contribution is 2.29. The van der Waals surface area contributed by atoms with E-state index in [1.807, 2.05) is 42.5 Å². The summed E-state index contributed by atoms with van der Waals surface area (Å²) in [5.41, 5.74) is 0.829. The maximum atomic E-state index is 11.5. The van der Waals surface area contributed by atoms with Crippen LogP contribution in [0.1, 0.15) is 0 Å². The normalized spacial score (nSPS) is 9.33. The second-order valence-corrected chi connectivity index (χ2v) is 5.96. The minimum absolute atomic E-state index is 0.0377. The molecule has 0 heterocycles. The van der Waals surface area contributed by atoms with E-state index in [1.54, 1.807) is 48.5 Å². The molecule has 0 aliphatic heterocycles. The van der Waals surface area contributed by atoms with Gasteiger partial charge in [0.2, 0.25) is 0 Å². The first-order valence-corrected chi connectivity index (χ1v) is 9.17. The van der Waals surface area contributed by atoms with Crippen molar-refractivity contribution in [2.75, 3.05) is 11.9 Å². The molecule has 3 rings (SSSR count). The molecule has 3 aromatic carbocycles. The van der Waals surface area contributed by atoms with Crippen molar-refractivity contribution >= 4 is 19.9 Å². The number of benzene rings is 3. The van der Waals surface area contributed by atoms with Gasteiger partial charge in [0, 0.05) is 10.3 Å². The number of aliphatic carboxylic acids is 1. The van der Waals surface area contributed by atoms with Crippen molar-refractivity contribution in [1.82, 2.24) is 0 Å². The number of para-hydroxylation sites is 3. The summed E-state index contributed by atoms with van der Waals surface area (Å²) in [5, 5.41) is 11.1. The first kappa shape index (κ1) is 19.9. The molecule has 138 valence electrons. The molecule has 0 unspecified atom stereocenters. The van der Waals surface area contributed by atoms with Crippen LogP contribution in [0.5, 0.6) is 11.5 Å². The van der Waals surface area contributed by atoms with Crippen LogP contribution in [-0.4, -0.2) is 17.6 Å². The predicted molar refractivity (Wildman–Crippen MR) is 104 cm³/mol. The van der Waals surface area contributed by atoms with Crippen LogP contribution in [0.2, 0.25) is 0 Å². The highest BCUT2D eigenvalue weighted by Gasteiger charge is 2.23. The summed E-state index contributed by atoms with van der Waals surface area (Å²) < 4.78 is 21.7. The van der Waals surface area contributed by atoms with Gasteiger partial charge in [0.1, 0.15) is 6.54 Å². The van der Waals surface area contributed by atoms with E-state index in [4.69, 9.17) is 14.2 Å². The van der Waals surface area contributed by atoms with Crippen molar-refractivity contribution in [2.45, 2.75) is 0 Å². The Morgan fingerprint density at radius 1 is 0.778 bits per heavy atom. The lowest BCUT2D eigenvalue weighted by Gasteiger charge is -2.00. The van der Waals surface area contributed by atoms with Gasteiger partial charge in [-0.15, -0.1) is 0 Å². The van der Waals surface area contributed by atoms with Crippen LogP contribution in [0.4, 0.5) is 5.69 Å². The number of hydrogen-bond acceptors (Lipinski definition) is 5. The Labute approximate surface area is 158 Å². The lowest BCUT2D eigenvalue weighted by molar-refractivity contribution is -0.134. The molecule has 0 fully saturated rings. The molecular formula is C20H19NO5P+. The maximum absolute atomic E-state index is 11.5. The molecule has 0 saturated carbocycles. The predicted octanol–water partition coefficient (Wildman–Crippen LogP) is 4.98. The molecule has 0 saturated heterocycles. The van der Waals surface area contributed by atoms with Gasteiger partial charge in [-0.25, -0.2) is 9.05 Å². The van der Waals surface area contributed by atoms with Crippen LogP contribution in [0.3, 0.4) is 0 Å². The van der Waals surface area contributed by atoms with Crippen molar-refractivity contribution in [1.29, 1.82) is 0 Å². The maximum Gasteiger partial charge on any atom is 0.805 e. The van der Waals surface area contributed by atoms with Crippen LogP contribution < -0.4 is 14.4 Å². The zero-order valence-corrected chi connectivity index (χ0v) is 15.3. The van der Waals surface area contributed by atoms with Gasteiger partial charge >= 0.3 is 14.2 Å². The largest absolute Gasteiger partial charge is 0.805 e. The van der Waals surface area contributed by atoms with E-state index in [2.05, 4.69) is 5.32 Å². The summed E-state index contributed by atoms with van der Waals surface area (Å²) in [6.07, 6.45) is 0. The smallest absolute Gasteiger partial charge is 0.480 e. The Kier molecular flexibility index (Phi) is 8.34. The minimum Gasteiger partial charge on any atom is -0.480 e. The summed E-state index contributed by atoms with van der Waals surface area (Å²) >= 11 is 0. The van der Waals surface area contributed by atoms with Gasteiger partial charge in [-0.1, -0.05) is 54.6 Å². The molecule has 6 nitrogen and oxygen atoms in total. The van der Waals surface area contributed by atoms with E-state index >= 15 is 0 Å². The van der Waals surface area contributed by atoms with Gasteiger partial charge in [0.15, 0.2) is 11.5 Å². The second-order valence-electron chi connectivity index (χ2n) is 5.15. The average Bonchev–Trinajstić information content (AvgIpc) is 2.69. The molecule has 0 atom stereocenters. The van der Waals surface area contributed by atoms with E-state index in [0.29, 0.717) is 11.5 Å². The van der Waals surface area contributed by atoms with Crippen molar-refractivity contribution < 1.29 is 23.5 Å². The molecule has 0 aromatic heterocycles. The van der Waals surface area contributed by atoms with Gasteiger partial charge in [-0.3, -0.25) is 4.79 Å². The second kappa shape index (κ2) is 11.3. The molecule has 0 spiro atoms. The zero-order chi connectivity index (χ0) is 19.3. The van der Waals surface area contributed by atoms with E-state index in [-0.39, 0.29) is 6.54 Å². The van der Waals surface area contributed by atoms with E-state index in [1.165, 1.54) is 0 Å². The zero-order valence-electron chi connectivity index (χ0n) is 14.4.